The van der Waals surface area contributed by atoms with E-state index in [-0.39, 0.29) is 11.4 Å². The Morgan fingerprint density at radius 3 is 2.37 bits per heavy atom. The molecule has 0 heterocycles. The molecule has 6 heteroatoms. The standard InChI is InChI=1S/C21H21NO4S/c1-4-22(20-14-18(21(23)26-3)10-9-15(20)2)27(24,25)19-12-11-16-7-5-6-8-17(16)13-19/h5-14H,4H2,1-3H3. The molecule has 0 atom stereocenters. The lowest BCUT2D eigenvalue weighted by atomic mass is 10.1. The lowest BCUT2D eigenvalue weighted by Crippen LogP contribution is -2.31. The summed E-state index contributed by atoms with van der Waals surface area (Å²) in [5, 5.41) is 1.83. The van der Waals surface area contributed by atoms with E-state index in [9.17, 15) is 13.2 Å². The maximum absolute atomic E-state index is 13.3. The van der Waals surface area contributed by atoms with Crippen molar-refractivity contribution in [1.82, 2.24) is 0 Å². The Morgan fingerprint density at radius 2 is 1.70 bits per heavy atom. The number of ether oxygens (including phenoxy) is 1. The first-order chi connectivity index (χ1) is 12.9. The van der Waals surface area contributed by atoms with E-state index in [0.717, 1.165) is 16.3 Å². The van der Waals surface area contributed by atoms with Crippen molar-refractivity contribution in [3.05, 3.63) is 71.8 Å². The average Bonchev–Trinajstić information content (AvgIpc) is 2.68. The summed E-state index contributed by atoms with van der Waals surface area (Å²) in [6.07, 6.45) is 0. The average molecular weight is 383 g/mol. The van der Waals surface area contributed by atoms with Crippen LogP contribution in [-0.2, 0) is 14.8 Å². The fraction of sp³-hybridized carbons (Fsp3) is 0.190. The molecule has 140 valence electrons. The molecule has 0 radical (unpaired) electrons. The molecule has 0 N–H and O–H groups in total. The second-order valence-corrected chi connectivity index (χ2v) is 8.03. The van der Waals surface area contributed by atoms with Gasteiger partial charge in [-0.25, -0.2) is 13.2 Å². The lowest BCUT2D eigenvalue weighted by Gasteiger charge is -2.25. The van der Waals surface area contributed by atoms with Crippen LogP contribution in [0, 0.1) is 6.92 Å². The van der Waals surface area contributed by atoms with Crippen molar-refractivity contribution in [3.63, 3.8) is 0 Å². The molecular weight excluding hydrogens is 362 g/mol. The van der Waals surface area contributed by atoms with Crippen molar-refractivity contribution in [2.24, 2.45) is 0 Å². The second-order valence-electron chi connectivity index (χ2n) is 6.17. The molecule has 3 aromatic carbocycles. The summed E-state index contributed by atoms with van der Waals surface area (Å²) in [6.45, 7) is 3.82. The van der Waals surface area contributed by atoms with E-state index >= 15 is 0 Å². The number of anilines is 1. The van der Waals surface area contributed by atoms with Crippen molar-refractivity contribution in [1.29, 1.82) is 0 Å². The Labute approximate surface area is 159 Å². The van der Waals surface area contributed by atoms with Gasteiger partial charge in [-0.2, -0.15) is 0 Å². The van der Waals surface area contributed by atoms with Crippen molar-refractivity contribution in [2.45, 2.75) is 18.7 Å². The van der Waals surface area contributed by atoms with E-state index in [1.165, 1.54) is 11.4 Å². The third-order valence-corrected chi connectivity index (χ3v) is 6.38. The normalized spacial score (nSPS) is 11.4. The van der Waals surface area contributed by atoms with E-state index in [1.54, 1.807) is 43.3 Å². The van der Waals surface area contributed by atoms with Gasteiger partial charge < -0.3 is 4.74 Å². The van der Waals surface area contributed by atoms with Gasteiger partial charge in [0.25, 0.3) is 10.0 Å². The van der Waals surface area contributed by atoms with E-state index < -0.39 is 16.0 Å². The molecule has 0 saturated carbocycles. The van der Waals surface area contributed by atoms with Gasteiger partial charge in [-0.1, -0.05) is 36.4 Å². The van der Waals surface area contributed by atoms with Crippen LogP contribution in [0.1, 0.15) is 22.8 Å². The molecule has 3 rings (SSSR count). The van der Waals surface area contributed by atoms with Crippen molar-refractivity contribution in [2.75, 3.05) is 18.0 Å². The molecule has 27 heavy (non-hydrogen) atoms. The molecule has 0 spiro atoms. The van der Waals surface area contributed by atoms with E-state index in [4.69, 9.17) is 4.74 Å². The summed E-state index contributed by atoms with van der Waals surface area (Å²) in [5.74, 6) is -0.504. The summed E-state index contributed by atoms with van der Waals surface area (Å²) in [7, 11) is -2.49. The highest BCUT2D eigenvalue weighted by atomic mass is 32.2. The minimum absolute atomic E-state index is 0.214. The number of hydrogen-bond acceptors (Lipinski definition) is 4. The molecule has 0 bridgehead atoms. The first-order valence-corrected chi connectivity index (χ1v) is 10.0. The maximum atomic E-state index is 13.3. The molecule has 0 aromatic heterocycles. The third-order valence-electron chi connectivity index (χ3n) is 4.50. The van der Waals surface area contributed by atoms with E-state index in [2.05, 4.69) is 0 Å². The minimum atomic E-state index is -3.79. The summed E-state index contributed by atoms with van der Waals surface area (Å²) in [4.78, 5) is 12.1. The molecule has 0 aliphatic heterocycles. The molecule has 0 amide bonds. The zero-order valence-corrected chi connectivity index (χ0v) is 16.3. The number of carbonyl (C=O) groups is 1. The number of rotatable bonds is 5. The number of nitrogens with zero attached hydrogens (tertiary/aromatic N) is 1. The molecule has 3 aromatic rings. The van der Waals surface area contributed by atoms with Gasteiger partial charge in [0, 0.05) is 6.54 Å². The number of fused-ring (bicyclic) bond motifs is 1. The summed E-state index contributed by atoms with van der Waals surface area (Å²) >= 11 is 0. The summed E-state index contributed by atoms with van der Waals surface area (Å²) < 4.78 is 32.7. The fourth-order valence-corrected chi connectivity index (χ4v) is 4.61. The Hall–Kier alpha value is -2.86. The molecule has 0 aliphatic carbocycles. The number of aryl methyl sites for hydroxylation is 1. The van der Waals surface area contributed by atoms with Crippen LogP contribution in [0.4, 0.5) is 5.69 Å². The first kappa shape index (κ1) is 18.9. The van der Waals surface area contributed by atoms with Crippen molar-refractivity contribution >= 4 is 32.5 Å². The van der Waals surface area contributed by atoms with Crippen LogP contribution in [0.5, 0.6) is 0 Å². The van der Waals surface area contributed by atoms with Crippen LogP contribution < -0.4 is 4.31 Å². The highest BCUT2D eigenvalue weighted by Crippen LogP contribution is 2.29. The zero-order valence-electron chi connectivity index (χ0n) is 15.5. The molecule has 0 saturated heterocycles. The number of benzene rings is 3. The first-order valence-electron chi connectivity index (χ1n) is 8.59. The highest BCUT2D eigenvalue weighted by Gasteiger charge is 2.26. The van der Waals surface area contributed by atoms with Crippen molar-refractivity contribution in [3.8, 4) is 0 Å². The third kappa shape index (κ3) is 3.53. The monoisotopic (exact) mass is 383 g/mol. The molecule has 0 fully saturated rings. The van der Waals surface area contributed by atoms with Crippen LogP contribution in [-0.4, -0.2) is 28.0 Å². The van der Waals surface area contributed by atoms with Gasteiger partial charge in [0.15, 0.2) is 0 Å². The van der Waals surface area contributed by atoms with Gasteiger partial charge in [0.2, 0.25) is 0 Å². The number of carbonyl (C=O) groups excluding carboxylic acids is 1. The molecule has 0 aliphatic rings. The zero-order chi connectivity index (χ0) is 19.6. The van der Waals surface area contributed by atoms with E-state index in [1.807, 2.05) is 31.2 Å². The predicted octanol–water partition coefficient (Wildman–Crippen LogP) is 4.15. The Bertz CT molecular complexity index is 1110. The SMILES string of the molecule is CCN(c1cc(C(=O)OC)ccc1C)S(=O)(=O)c1ccc2ccccc2c1. The fourth-order valence-electron chi connectivity index (χ4n) is 3.05. The van der Waals surface area contributed by atoms with Crippen LogP contribution in [0.2, 0.25) is 0 Å². The van der Waals surface area contributed by atoms with Crippen LogP contribution in [0.3, 0.4) is 0 Å². The van der Waals surface area contributed by atoms with E-state index in [0.29, 0.717) is 11.3 Å². The molecule has 5 nitrogen and oxygen atoms in total. The topological polar surface area (TPSA) is 63.7 Å². The largest absolute Gasteiger partial charge is 0.465 e. The Kier molecular flexibility index (Phi) is 5.19. The van der Waals surface area contributed by atoms with Gasteiger partial charge >= 0.3 is 5.97 Å². The van der Waals surface area contributed by atoms with Gasteiger partial charge in [0.05, 0.1) is 23.3 Å². The lowest BCUT2D eigenvalue weighted by molar-refractivity contribution is 0.0600. The smallest absolute Gasteiger partial charge is 0.337 e. The number of sulfonamides is 1. The van der Waals surface area contributed by atoms with Gasteiger partial charge in [-0.05, 0) is 54.4 Å². The minimum Gasteiger partial charge on any atom is -0.465 e. The van der Waals surface area contributed by atoms with Crippen LogP contribution in [0.25, 0.3) is 10.8 Å². The van der Waals surface area contributed by atoms with Gasteiger partial charge in [-0.15, -0.1) is 0 Å². The number of methoxy groups -OCH3 is 1. The van der Waals surface area contributed by atoms with Gasteiger partial charge in [0.1, 0.15) is 0 Å². The predicted molar refractivity (Wildman–Crippen MR) is 107 cm³/mol. The van der Waals surface area contributed by atoms with Crippen LogP contribution >= 0.6 is 0 Å². The Balaban J connectivity index is 2.12. The molecular formula is C21H21NO4S. The summed E-state index contributed by atoms with van der Waals surface area (Å²) in [6, 6.07) is 17.6. The quantitative estimate of drug-likeness (QED) is 0.621. The Morgan fingerprint density at radius 1 is 1.00 bits per heavy atom. The molecule has 0 unspecified atom stereocenters. The number of hydrogen-bond donors (Lipinski definition) is 0. The van der Waals surface area contributed by atoms with Crippen molar-refractivity contribution < 1.29 is 17.9 Å². The summed E-state index contributed by atoms with van der Waals surface area (Å²) in [5.41, 5.74) is 1.53. The van der Waals surface area contributed by atoms with Gasteiger partial charge in [-0.3, -0.25) is 4.31 Å². The van der Waals surface area contributed by atoms with Crippen LogP contribution in [0.15, 0.2) is 65.6 Å². The highest BCUT2D eigenvalue weighted by molar-refractivity contribution is 7.92. The maximum Gasteiger partial charge on any atom is 0.337 e. The number of esters is 1. The second kappa shape index (κ2) is 7.40.